The van der Waals surface area contributed by atoms with Crippen LogP contribution in [0.1, 0.15) is 30.6 Å². The molecule has 7 nitrogen and oxygen atoms in total. The number of rotatable bonds is 8. The van der Waals surface area contributed by atoms with E-state index in [2.05, 4.69) is 24.1 Å². The first kappa shape index (κ1) is 23.8. The molecule has 3 aromatic rings. The summed E-state index contributed by atoms with van der Waals surface area (Å²) in [6.07, 6.45) is 1.10. The van der Waals surface area contributed by atoms with Crippen molar-refractivity contribution < 1.29 is 19.0 Å². The fourth-order valence-electron chi connectivity index (χ4n) is 4.57. The molecule has 180 valence electrons. The lowest BCUT2D eigenvalue weighted by molar-refractivity contribution is 0.0948. The van der Waals surface area contributed by atoms with Crippen molar-refractivity contribution in [3.63, 3.8) is 0 Å². The number of nitrogens with one attached hydrogen (secondary N) is 1. The van der Waals surface area contributed by atoms with Gasteiger partial charge in [-0.25, -0.2) is 4.98 Å². The molecule has 0 bridgehead atoms. The van der Waals surface area contributed by atoms with Crippen LogP contribution in [-0.4, -0.2) is 62.8 Å². The summed E-state index contributed by atoms with van der Waals surface area (Å²) in [7, 11) is 4.73. The fraction of sp³-hybridized carbons (Fsp3) is 0.407. The van der Waals surface area contributed by atoms with Gasteiger partial charge >= 0.3 is 0 Å². The van der Waals surface area contributed by atoms with Crippen molar-refractivity contribution in [1.82, 2.24) is 15.2 Å². The molecule has 2 heterocycles. The largest absolute Gasteiger partial charge is 0.493 e. The Morgan fingerprint density at radius 1 is 1.09 bits per heavy atom. The van der Waals surface area contributed by atoms with Crippen molar-refractivity contribution in [2.45, 2.75) is 26.3 Å². The number of ether oxygens (including phenoxy) is 3. The number of fused-ring (bicyclic) bond motifs is 1. The minimum Gasteiger partial charge on any atom is -0.493 e. The van der Waals surface area contributed by atoms with Gasteiger partial charge in [-0.1, -0.05) is 18.2 Å². The third-order valence-corrected chi connectivity index (χ3v) is 6.52. The molecule has 1 N–H and O–H groups in total. The van der Waals surface area contributed by atoms with Crippen molar-refractivity contribution in [1.29, 1.82) is 0 Å². The van der Waals surface area contributed by atoms with Gasteiger partial charge in [-0.15, -0.1) is 0 Å². The molecule has 1 amide bonds. The van der Waals surface area contributed by atoms with E-state index in [1.54, 1.807) is 21.3 Å². The van der Waals surface area contributed by atoms with Crippen LogP contribution in [0.25, 0.3) is 22.2 Å². The normalized spacial score (nSPS) is 16.1. The maximum absolute atomic E-state index is 13.3. The molecule has 2 aromatic carbocycles. The Balaban J connectivity index is 1.67. The van der Waals surface area contributed by atoms with Crippen LogP contribution in [0.4, 0.5) is 0 Å². The number of carbonyl (C=O) groups excluding carboxylic acids is 1. The molecule has 0 saturated carbocycles. The third kappa shape index (κ3) is 4.80. The summed E-state index contributed by atoms with van der Waals surface area (Å²) in [6.45, 7) is 7.20. The lowest BCUT2D eigenvalue weighted by Crippen LogP contribution is -2.33. The van der Waals surface area contributed by atoms with Gasteiger partial charge in [0.15, 0.2) is 11.5 Å². The van der Waals surface area contributed by atoms with E-state index in [9.17, 15) is 4.79 Å². The number of methoxy groups -OCH3 is 3. The summed E-state index contributed by atoms with van der Waals surface area (Å²) in [5.74, 6) is 1.96. The second-order valence-electron chi connectivity index (χ2n) is 8.94. The molecule has 4 rings (SSSR count). The van der Waals surface area contributed by atoms with Gasteiger partial charge in [0.1, 0.15) is 0 Å². The van der Waals surface area contributed by atoms with E-state index in [1.807, 2.05) is 42.5 Å². The van der Waals surface area contributed by atoms with Gasteiger partial charge in [-0.05, 0) is 57.0 Å². The second-order valence-corrected chi connectivity index (χ2v) is 8.94. The summed E-state index contributed by atoms with van der Waals surface area (Å²) in [6, 6.07) is 13.8. The van der Waals surface area contributed by atoms with E-state index < -0.39 is 0 Å². The number of benzene rings is 2. The molecule has 7 heteroatoms. The monoisotopic (exact) mass is 463 g/mol. The van der Waals surface area contributed by atoms with Crippen molar-refractivity contribution in [3.8, 4) is 28.5 Å². The summed E-state index contributed by atoms with van der Waals surface area (Å²) in [4.78, 5) is 20.6. The molecular weight excluding hydrogens is 430 g/mol. The third-order valence-electron chi connectivity index (χ3n) is 6.52. The lowest BCUT2D eigenvalue weighted by atomic mass is 10.0. The Hall–Kier alpha value is -3.32. The minimum atomic E-state index is -0.0877. The van der Waals surface area contributed by atoms with Crippen molar-refractivity contribution in [2.75, 3.05) is 41.0 Å². The van der Waals surface area contributed by atoms with Crippen LogP contribution in [0, 0.1) is 5.92 Å². The molecule has 0 radical (unpaired) electrons. The Morgan fingerprint density at radius 2 is 1.79 bits per heavy atom. The summed E-state index contributed by atoms with van der Waals surface area (Å²) < 4.78 is 16.5. The van der Waals surface area contributed by atoms with Gasteiger partial charge < -0.3 is 24.4 Å². The zero-order valence-corrected chi connectivity index (χ0v) is 20.6. The number of pyridine rings is 1. The first-order valence-electron chi connectivity index (χ1n) is 11.7. The zero-order chi connectivity index (χ0) is 24.2. The van der Waals surface area contributed by atoms with Crippen molar-refractivity contribution in [2.24, 2.45) is 5.92 Å². The number of hydrogen-bond acceptors (Lipinski definition) is 6. The Kier molecular flexibility index (Phi) is 7.22. The molecule has 1 atom stereocenters. The van der Waals surface area contributed by atoms with Crippen LogP contribution in [0.3, 0.4) is 0 Å². The Bertz CT molecular complexity index is 1150. The van der Waals surface area contributed by atoms with Gasteiger partial charge in [0.05, 0.1) is 38.1 Å². The SMILES string of the molecule is COc1cc(-c2cc(C(=O)NCC3CCN(C(C)C)C3)c3ccccc3n2)cc(OC)c1OC. The van der Waals surface area contributed by atoms with E-state index in [0.717, 1.165) is 36.0 Å². The molecule has 0 aliphatic carbocycles. The molecule has 1 aromatic heterocycles. The van der Waals surface area contributed by atoms with E-state index in [-0.39, 0.29) is 5.91 Å². The average Bonchev–Trinajstić information content (AvgIpc) is 3.35. The highest BCUT2D eigenvalue weighted by Gasteiger charge is 2.25. The quantitative estimate of drug-likeness (QED) is 0.534. The highest BCUT2D eigenvalue weighted by atomic mass is 16.5. The topological polar surface area (TPSA) is 72.9 Å². The smallest absolute Gasteiger partial charge is 0.252 e. The predicted molar refractivity (Wildman–Crippen MR) is 134 cm³/mol. The first-order valence-corrected chi connectivity index (χ1v) is 11.7. The molecule has 1 saturated heterocycles. The van der Waals surface area contributed by atoms with Crippen LogP contribution in [0.2, 0.25) is 0 Å². The zero-order valence-electron chi connectivity index (χ0n) is 20.6. The van der Waals surface area contributed by atoms with E-state index in [1.165, 1.54) is 0 Å². The van der Waals surface area contributed by atoms with Crippen molar-refractivity contribution in [3.05, 3.63) is 48.0 Å². The maximum Gasteiger partial charge on any atom is 0.252 e. The number of aromatic nitrogens is 1. The summed E-state index contributed by atoms with van der Waals surface area (Å²) >= 11 is 0. The molecule has 1 aliphatic rings. The number of para-hydroxylation sites is 1. The number of hydrogen-bond donors (Lipinski definition) is 1. The molecule has 1 unspecified atom stereocenters. The maximum atomic E-state index is 13.3. The van der Waals surface area contributed by atoms with Gasteiger partial charge in [0.25, 0.3) is 5.91 Å². The van der Waals surface area contributed by atoms with Gasteiger partial charge in [0.2, 0.25) is 5.75 Å². The van der Waals surface area contributed by atoms with E-state index in [0.29, 0.717) is 47.0 Å². The van der Waals surface area contributed by atoms with Crippen LogP contribution in [-0.2, 0) is 0 Å². The number of carbonyl (C=O) groups is 1. The van der Waals surface area contributed by atoms with Crippen LogP contribution < -0.4 is 19.5 Å². The lowest BCUT2D eigenvalue weighted by Gasteiger charge is -2.20. The fourth-order valence-corrected chi connectivity index (χ4v) is 4.57. The molecule has 1 fully saturated rings. The van der Waals surface area contributed by atoms with Crippen LogP contribution in [0.5, 0.6) is 17.2 Å². The van der Waals surface area contributed by atoms with Crippen molar-refractivity contribution >= 4 is 16.8 Å². The molecule has 0 spiro atoms. The Morgan fingerprint density at radius 3 is 2.41 bits per heavy atom. The standard InChI is InChI=1S/C27H33N3O4/c1-17(2)30-11-10-18(16-30)15-28-27(31)21-14-23(29-22-9-7-6-8-20(21)22)19-12-24(32-3)26(34-5)25(13-19)33-4/h6-9,12-14,17-18H,10-11,15-16H2,1-5H3,(H,28,31). The second kappa shape index (κ2) is 10.3. The van der Waals surface area contributed by atoms with Gasteiger partial charge in [-0.3, -0.25) is 4.79 Å². The van der Waals surface area contributed by atoms with E-state index in [4.69, 9.17) is 19.2 Å². The highest BCUT2D eigenvalue weighted by molar-refractivity contribution is 6.07. The minimum absolute atomic E-state index is 0.0877. The summed E-state index contributed by atoms with van der Waals surface area (Å²) in [5.41, 5.74) is 2.80. The van der Waals surface area contributed by atoms with Gasteiger partial charge in [0, 0.05) is 30.1 Å². The highest BCUT2D eigenvalue weighted by Crippen LogP contribution is 2.41. The molecular formula is C27H33N3O4. The number of nitrogens with zero attached hydrogens (tertiary/aromatic N) is 2. The molecule has 1 aliphatic heterocycles. The average molecular weight is 464 g/mol. The number of amides is 1. The van der Waals surface area contributed by atoms with Crippen LogP contribution in [0.15, 0.2) is 42.5 Å². The first-order chi connectivity index (χ1) is 16.4. The van der Waals surface area contributed by atoms with E-state index >= 15 is 0 Å². The predicted octanol–water partition coefficient (Wildman–Crippen LogP) is 4.39. The Labute approximate surface area is 201 Å². The number of likely N-dealkylation sites (tertiary alicyclic amines) is 1. The summed E-state index contributed by atoms with van der Waals surface area (Å²) in [5, 5.41) is 4.00. The molecule has 34 heavy (non-hydrogen) atoms. The van der Waals surface area contributed by atoms with Crippen LogP contribution >= 0.6 is 0 Å². The van der Waals surface area contributed by atoms with Gasteiger partial charge in [-0.2, -0.15) is 0 Å².